The SMILES string of the molecule is Cc1ncsc1-c1ccc(C(C)NC(=O)C2CCCN2C(=O)C(NC(N)=O)C(C)(C)C)cc1. The Bertz CT molecular complexity index is 1010. The van der Waals surface area contributed by atoms with Crippen LogP contribution in [0.15, 0.2) is 29.8 Å². The van der Waals surface area contributed by atoms with Gasteiger partial charge in [0, 0.05) is 6.54 Å². The van der Waals surface area contributed by atoms with E-state index >= 15 is 0 Å². The maximum atomic E-state index is 13.2. The number of primary amides is 1. The molecule has 3 unspecified atom stereocenters. The van der Waals surface area contributed by atoms with Crippen LogP contribution in [0, 0.1) is 12.3 Å². The summed E-state index contributed by atoms with van der Waals surface area (Å²) in [4.78, 5) is 44.8. The molecule has 1 aromatic heterocycles. The van der Waals surface area contributed by atoms with Crippen molar-refractivity contribution in [2.24, 2.45) is 11.1 Å². The molecule has 2 heterocycles. The van der Waals surface area contributed by atoms with Crippen molar-refractivity contribution in [1.82, 2.24) is 20.5 Å². The summed E-state index contributed by atoms with van der Waals surface area (Å²) in [5.74, 6) is -0.474. The molecule has 1 aromatic carbocycles. The molecule has 178 valence electrons. The molecule has 0 saturated carbocycles. The van der Waals surface area contributed by atoms with E-state index in [0.717, 1.165) is 28.1 Å². The summed E-state index contributed by atoms with van der Waals surface area (Å²) in [7, 11) is 0. The molecule has 33 heavy (non-hydrogen) atoms. The summed E-state index contributed by atoms with van der Waals surface area (Å²) >= 11 is 1.60. The number of nitrogens with one attached hydrogen (secondary N) is 2. The maximum absolute atomic E-state index is 13.2. The Kier molecular flexibility index (Phi) is 7.41. The van der Waals surface area contributed by atoms with Crippen LogP contribution in [-0.4, -0.2) is 46.4 Å². The number of aromatic nitrogens is 1. The van der Waals surface area contributed by atoms with E-state index in [1.165, 1.54) is 0 Å². The van der Waals surface area contributed by atoms with Crippen LogP contribution in [0.3, 0.4) is 0 Å². The van der Waals surface area contributed by atoms with Gasteiger partial charge in [0.25, 0.3) is 0 Å². The Hall–Kier alpha value is -2.94. The summed E-state index contributed by atoms with van der Waals surface area (Å²) in [6.07, 6.45) is 1.32. The Morgan fingerprint density at radius 2 is 1.85 bits per heavy atom. The van der Waals surface area contributed by atoms with Gasteiger partial charge < -0.3 is 21.3 Å². The highest BCUT2D eigenvalue weighted by Crippen LogP contribution is 2.29. The number of nitrogens with two attached hydrogens (primary N) is 1. The van der Waals surface area contributed by atoms with Crippen LogP contribution in [0.4, 0.5) is 4.79 Å². The molecule has 1 saturated heterocycles. The summed E-state index contributed by atoms with van der Waals surface area (Å²) in [5.41, 5.74) is 9.67. The average Bonchev–Trinajstić information content (AvgIpc) is 3.40. The first-order chi connectivity index (χ1) is 15.5. The molecule has 1 aliphatic heterocycles. The molecular weight excluding hydrogens is 438 g/mol. The van der Waals surface area contributed by atoms with Gasteiger partial charge in [-0.2, -0.15) is 0 Å². The van der Waals surface area contributed by atoms with Crippen LogP contribution in [0.25, 0.3) is 10.4 Å². The second-order valence-corrected chi connectivity index (χ2v) is 10.5. The molecule has 4 N–H and O–H groups in total. The number of thiazole rings is 1. The number of nitrogens with zero attached hydrogens (tertiary/aromatic N) is 2. The Morgan fingerprint density at radius 1 is 1.18 bits per heavy atom. The van der Waals surface area contributed by atoms with Crippen molar-refractivity contribution >= 4 is 29.2 Å². The van der Waals surface area contributed by atoms with E-state index in [2.05, 4.69) is 15.6 Å². The highest BCUT2D eigenvalue weighted by atomic mass is 32.1. The molecule has 0 bridgehead atoms. The lowest BCUT2D eigenvalue weighted by Crippen LogP contribution is -2.58. The molecule has 9 heteroatoms. The third kappa shape index (κ3) is 5.71. The van der Waals surface area contributed by atoms with Crippen LogP contribution < -0.4 is 16.4 Å². The minimum atomic E-state index is -0.802. The van der Waals surface area contributed by atoms with Crippen molar-refractivity contribution in [1.29, 1.82) is 0 Å². The van der Waals surface area contributed by atoms with Gasteiger partial charge in [0.15, 0.2) is 0 Å². The topological polar surface area (TPSA) is 117 Å². The Balaban J connectivity index is 1.69. The number of rotatable bonds is 6. The quantitative estimate of drug-likeness (QED) is 0.599. The van der Waals surface area contributed by atoms with Gasteiger partial charge in [-0.05, 0) is 43.2 Å². The monoisotopic (exact) mass is 471 g/mol. The van der Waals surface area contributed by atoms with Crippen LogP contribution in [-0.2, 0) is 9.59 Å². The molecular formula is C24H33N5O3S. The highest BCUT2D eigenvalue weighted by Gasteiger charge is 2.41. The summed E-state index contributed by atoms with van der Waals surface area (Å²) in [6, 6.07) is 5.73. The smallest absolute Gasteiger partial charge is 0.312 e. The van der Waals surface area contributed by atoms with Crippen LogP contribution in [0.1, 0.15) is 57.8 Å². The number of urea groups is 1. The van der Waals surface area contributed by atoms with Gasteiger partial charge in [0.1, 0.15) is 12.1 Å². The van der Waals surface area contributed by atoms with Gasteiger partial charge in [0.2, 0.25) is 11.8 Å². The zero-order valence-corrected chi connectivity index (χ0v) is 20.7. The standard InChI is InChI=1S/C24H33N5O3S/c1-14(16-8-10-17(11-9-16)19-15(2)26-13-33-19)27-21(30)18-7-6-12-29(18)22(31)20(24(3,4)5)28-23(25)32/h8-11,13-14,18,20H,6-7,12H2,1-5H3,(H,27,30)(H3,25,28,32). The number of benzene rings is 1. The molecule has 2 aromatic rings. The summed E-state index contributed by atoms with van der Waals surface area (Å²) in [5, 5.41) is 5.61. The maximum Gasteiger partial charge on any atom is 0.312 e. The third-order valence-electron chi connectivity index (χ3n) is 6.02. The minimum absolute atomic E-state index is 0.192. The number of hydrogen-bond acceptors (Lipinski definition) is 5. The van der Waals surface area contributed by atoms with E-state index in [4.69, 9.17) is 5.73 Å². The molecule has 0 radical (unpaired) electrons. The molecule has 1 fully saturated rings. The van der Waals surface area contributed by atoms with Gasteiger partial charge >= 0.3 is 6.03 Å². The Morgan fingerprint density at radius 3 is 2.39 bits per heavy atom. The van der Waals surface area contributed by atoms with Gasteiger partial charge in [0.05, 0.1) is 22.1 Å². The van der Waals surface area contributed by atoms with Crippen LogP contribution in [0.2, 0.25) is 0 Å². The average molecular weight is 472 g/mol. The normalized spacial score (nSPS) is 18.0. The summed E-state index contributed by atoms with van der Waals surface area (Å²) in [6.45, 7) is 9.96. The number of carbonyl (C=O) groups is 3. The molecule has 3 rings (SSSR count). The fourth-order valence-electron chi connectivity index (χ4n) is 4.15. The first kappa shape index (κ1) is 24.7. The number of amides is 4. The van der Waals surface area contributed by atoms with Crippen molar-refractivity contribution in [3.63, 3.8) is 0 Å². The second kappa shape index (κ2) is 9.91. The first-order valence-electron chi connectivity index (χ1n) is 11.2. The predicted octanol–water partition coefficient (Wildman–Crippen LogP) is 3.37. The van der Waals surface area contributed by atoms with E-state index in [1.807, 2.05) is 64.4 Å². The number of aryl methyl sites for hydroxylation is 1. The number of hydrogen-bond donors (Lipinski definition) is 3. The van der Waals surface area contributed by atoms with E-state index < -0.39 is 23.5 Å². The Labute approximate surface area is 199 Å². The van der Waals surface area contributed by atoms with Crippen molar-refractivity contribution in [2.45, 2.75) is 65.6 Å². The van der Waals surface area contributed by atoms with E-state index in [-0.39, 0.29) is 17.9 Å². The molecule has 4 amide bonds. The van der Waals surface area contributed by atoms with Crippen LogP contribution >= 0.6 is 11.3 Å². The van der Waals surface area contributed by atoms with Gasteiger partial charge in [-0.3, -0.25) is 9.59 Å². The van der Waals surface area contributed by atoms with E-state index in [9.17, 15) is 14.4 Å². The predicted molar refractivity (Wildman–Crippen MR) is 130 cm³/mol. The molecule has 8 nitrogen and oxygen atoms in total. The lowest BCUT2D eigenvalue weighted by Gasteiger charge is -2.35. The zero-order chi connectivity index (χ0) is 24.3. The van der Waals surface area contributed by atoms with Crippen LogP contribution in [0.5, 0.6) is 0 Å². The fourth-order valence-corrected chi connectivity index (χ4v) is 4.97. The van der Waals surface area contributed by atoms with Crippen molar-refractivity contribution in [3.05, 3.63) is 41.0 Å². The van der Waals surface area contributed by atoms with Crippen molar-refractivity contribution in [2.75, 3.05) is 6.54 Å². The van der Waals surface area contributed by atoms with Crippen molar-refractivity contribution in [3.8, 4) is 10.4 Å². The number of carbonyl (C=O) groups excluding carboxylic acids is 3. The number of likely N-dealkylation sites (tertiary alicyclic amines) is 1. The molecule has 1 aliphatic rings. The zero-order valence-electron chi connectivity index (χ0n) is 19.8. The molecule has 0 aliphatic carbocycles. The molecule has 0 spiro atoms. The first-order valence-corrected chi connectivity index (χ1v) is 12.0. The van der Waals surface area contributed by atoms with Gasteiger partial charge in [-0.15, -0.1) is 11.3 Å². The van der Waals surface area contributed by atoms with E-state index in [0.29, 0.717) is 13.0 Å². The minimum Gasteiger partial charge on any atom is -0.352 e. The largest absolute Gasteiger partial charge is 0.352 e. The lowest BCUT2D eigenvalue weighted by molar-refractivity contribution is -0.142. The third-order valence-corrected chi connectivity index (χ3v) is 6.99. The van der Waals surface area contributed by atoms with Gasteiger partial charge in [-0.1, -0.05) is 45.0 Å². The van der Waals surface area contributed by atoms with Gasteiger partial charge in [-0.25, -0.2) is 9.78 Å². The second-order valence-electron chi connectivity index (χ2n) is 9.62. The highest BCUT2D eigenvalue weighted by molar-refractivity contribution is 7.13. The fraction of sp³-hybridized carbons (Fsp3) is 0.500. The van der Waals surface area contributed by atoms with E-state index in [1.54, 1.807) is 16.2 Å². The lowest BCUT2D eigenvalue weighted by atomic mass is 9.85. The molecule has 3 atom stereocenters. The van der Waals surface area contributed by atoms with Crippen molar-refractivity contribution < 1.29 is 14.4 Å². The summed E-state index contributed by atoms with van der Waals surface area (Å²) < 4.78 is 0.